The van der Waals surface area contributed by atoms with E-state index in [1.807, 2.05) is 6.07 Å². The summed E-state index contributed by atoms with van der Waals surface area (Å²) in [6, 6.07) is 5.11. The molecule has 1 aliphatic carbocycles. The molecule has 1 aliphatic rings. The molecule has 0 atom stereocenters. The van der Waals surface area contributed by atoms with Crippen molar-refractivity contribution >= 4 is 21.6 Å². The van der Waals surface area contributed by atoms with Gasteiger partial charge in [0, 0.05) is 11.5 Å². The number of benzene rings is 1. The van der Waals surface area contributed by atoms with Crippen LogP contribution < -0.4 is 0 Å². The van der Waals surface area contributed by atoms with Crippen molar-refractivity contribution in [1.82, 2.24) is 0 Å². The summed E-state index contributed by atoms with van der Waals surface area (Å²) < 4.78 is 0.480. The predicted molar refractivity (Wildman–Crippen MR) is 63.4 cm³/mol. The van der Waals surface area contributed by atoms with Gasteiger partial charge < -0.3 is 5.11 Å². The second kappa shape index (κ2) is 4.14. The minimum Gasteiger partial charge on any atom is -0.395 e. The molecular formula is C11H12BrNO3. The predicted octanol–water partition coefficient (Wildman–Crippen LogP) is 2.77. The average molecular weight is 286 g/mol. The van der Waals surface area contributed by atoms with Gasteiger partial charge in [-0.25, -0.2) is 0 Å². The van der Waals surface area contributed by atoms with E-state index in [1.165, 1.54) is 0 Å². The molecule has 1 saturated carbocycles. The summed E-state index contributed by atoms with van der Waals surface area (Å²) in [6.07, 6.45) is 2.88. The minimum atomic E-state index is -0.405. The van der Waals surface area contributed by atoms with Crippen LogP contribution in [0.25, 0.3) is 0 Å². The zero-order valence-corrected chi connectivity index (χ0v) is 10.2. The number of nitro benzene ring substituents is 1. The molecule has 0 bridgehead atoms. The molecule has 1 N–H and O–H groups in total. The fourth-order valence-electron chi connectivity index (χ4n) is 2.12. The number of halogens is 1. The number of hydrogen-bond acceptors (Lipinski definition) is 3. The number of aliphatic hydroxyl groups is 1. The highest BCUT2D eigenvalue weighted by Crippen LogP contribution is 2.44. The lowest BCUT2D eigenvalue weighted by Crippen LogP contribution is -2.37. The van der Waals surface area contributed by atoms with Crippen molar-refractivity contribution in [2.45, 2.75) is 24.7 Å². The highest BCUT2D eigenvalue weighted by atomic mass is 79.9. The SMILES string of the molecule is O=[N+]([O-])c1cc(C2(CO)CCC2)ccc1Br. The molecule has 0 aliphatic heterocycles. The van der Waals surface area contributed by atoms with Crippen LogP contribution in [0.2, 0.25) is 0 Å². The first kappa shape index (κ1) is 11.5. The normalized spacial score (nSPS) is 17.9. The molecule has 1 fully saturated rings. The average Bonchev–Trinajstić information content (AvgIpc) is 2.19. The Bertz CT molecular complexity index is 424. The van der Waals surface area contributed by atoms with Gasteiger partial charge in [0.2, 0.25) is 0 Å². The summed E-state index contributed by atoms with van der Waals surface area (Å²) in [5, 5.41) is 20.2. The molecule has 0 saturated heterocycles. The van der Waals surface area contributed by atoms with E-state index in [2.05, 4.69) is 15.9 Å². The van der Waals surface area contributed by atoms with E-state index in [0.29, 0.717) is 4.47 Å². The number of nitro groups is 1. The summed E-state index contributed by atoms with van der Waals surface area (Å²) in [7, 11) is 0. The van der Waals surface area contributed by atoms with Crippen LogP contribution >= 0.6 is 15.9 Å². The van der Waals surface area contributed by atoms with Crippen molar-refractivity contribution in [3.05, 3.63) is 38.3 Å². The second-order valence-electron chi connectivity index (χ2n) is 4.22. The number of rotatable bonds is 3. The highest BCUT2D eigenvalue weighted by Gasteiger charge is 2.38. The maximum absolute atomic E-state index is 10.8. The van der Waals surface area contributed by atoms with Gasteiger partial charge in [-0.15, -0.1) is 0 Å². The number of nitrogens with zero attached hydrogens (tertiary/aromatic N) is 1. The lowest BCUT2D eigenvalue weighted by molar-refractivity contribution is -0.385. The lowest BCUT2D eigenvalue weighted by atomic mass is 9.65. The van der Waals surface area contributed by atoms with Gasteiger partial charge in [0.15, 0.2) is 0 Å². The Morgan fingerprint density at radius 1 is 1.50 bits per heavy atom. The van der Waals surface area contributed by atoms with Gasteiger partial charge in [0.05, 0.1) is 16.0 Å². The number of hydrogen-bond donors (Lipinski definition) is 1. The Hall–Kier alpha value is -0.940. The fraction of sp³-hybridized carbons (Fsp3) is 0.455. The van der Waals surface area contributed by atoms with Gasteiger partial charge in [0.1, 0.15) is 0 Å². The maximum atomic E-state index is 10.8. The first-order valence-corrected chi connectivity index (χ1v) is 5.94. The molecule has 86 valence electrons. The van der Waals surface area contributed by atoms with Crippen LogP contribution in [0.1, 0.15) is 24.8 Å². The molecule has 1 aromatic rings. The molecule has 2 rings (SSSR count). The standard InChI is InChI=1S/C11H12BrNO3/c12-9-3-2-8(6-10(9)13(15)16)11(7-14)4-1-5-11/h2-3,6,14H,1,4-5,7H2. The van der Waals surface area contributed by atoms with Crippen LogP contribution in [-0.2, 0) is 5.41 Å². The van der Waals surface area contributed by atoms with Crippen molar-refractivity contribution in [3.8, 4) is 0 Å². The summed E-state index contributed by atoms with van der Waals surface area (Å²) >= 11 is 3.16. The molecule has 0 heterocycles. The van der Waals surface area contributed by atoms with E-state index in [-0.39, 0.29) is 17.7 Å². The molecule has 0 aromatic heterocycles. The molecule has 0 amide bonds. The summed E-state index contributed by atoms with van der Waals surface area (Å²) in [5.41, 5.74) is 0.694. The third kappa shape index (κ3) is 1.74. The molecule has 0 radical (unpaired) electrons. The van der Waals surface area contributed by atoms with Crippen LogP contribution in [0.4, 0.5) is 5.69 Å². The van der Waals surface area contributed by atoms with Crippen molar-refractivity contribution in [3.63, 3.8) is 0 Å². The smallest absolute Gasteiger partial charge is 0.283 e. The van der Waals surface area contributed by atoms with Crippen LogP contribution in [0.5, 0.6) is 0 Å². The van der Waals surface area contributed by atoms with E-state index in [9.17, 15) is 15.2 Å². The Balaban J connectivity index is 2.43. The van der Waals surface area contributed by atoms with Crippen molar-refractivity contribution in [2.24, 2.45) is 0 Å². The molecule has 4 nitrogen and oxygen atoms in total. The molecular weight excluding hydrogens is 274 g/mol. The van der Waals surface area contributed by atoms with E-state index >= 15 is 0 Å². The van der Waals surface area contributed by atoms with Gasteiger partial charge in [-0.1, -0.05) is 12.5 Å². The van der Waals surface area contributed by atoms with Crippen LogP contribution in [0.15, 0.2) is 22.7 Å². The van der Waals surface area contributed by atoms with Crippen molar-refractivity contribution in [2.75, 3.05) is 6.61 Å². The minimum absolute atomic E-state index is 0.0613. The molecule has 1 aromatic carbocycles. The summed E-state index contributed by atoms with van der Waals surface area (Å²) in [6.45, 7) is 0.0613. The maximum Gasteiger partial charge on any atom is 0.283 e. The monoisotopic (exact) mass is 285 g/mol. The summed E-state index contributed by atoms with van der Waals surface area (Å²) in [5.74, 6) is 0. The van der Waals surface area contributed by atoms with Gasteiger partial charge in [-0.05, 0) is 40.4 Å². The first-order valence-electron chi connectivity index (χ1n) is 5.14. The fourth-order valence-corrected chi connectivity index (χ4v) is 2.52. The highest BCUT2D eigenvalue weighted by molar-refractivity contribution is 9.10. The van der Waals surface area contributed by atoms with Crippen LogP contribution in [-0.4, -0.2) is 16.6 Å². The summed E-state index contributed by atoms with van der Waals surface area (Å²) in [4.78, 5) is 10.4. The second-order valence-corrected chi connectivity index (χ2v) is 5.07. The molecule has 16 heavy (non-hydrogen) atoms. The molecule has 0 spiro atoms. The number of aliphatic hydroxyl groups excluding tert-OH is 1. The lowest BCUT2D eigenvalue weighted by Gasteiger charge is -2.40. The Labute approximate surface area is 102 Å². The zero-order chi connectivity index (χ0) is 11.8. The van der Waals surface area contributed by atoms with Gasteiger partial charge >= 0.3 is 0 Å². The van der Waals surface area contributed by atoms with Crippen LogP contribution in [0, 0.1) is 10.1 Å². The van der Waals surface area contributed by atoms with E-state index in [0.717, 1.165) is 24.8 Å². The Morgan fingerprint density at radius 3 is 2.62 bits per heavy atom. The topological polar surface area (TPSA) is 63.4 Å². The largest absolute Gasteiger partial charge is 0.395 e. The van der Waals surface area contributed by atoms with Crippen LogP contribution in [0.3, 0.4) is 0 Å². The third-order valence-corrected chi connectivity index (χ3v) is 4.04. The van der Waals surface area contributed by atoms with E-state index < -0.39 is 4.92 Å². The molecule has 5 heteroatoms. The van der Waals surface area contributed by atoms with Gasteiger partial charge in [-0.3, -0.25) is 10.1 Å². The van der Waals surface area contributed by atoms with E-state index in [1.54, 1.807) is 12.1 Å². The Kier molecular flexibility index (Phi) is 2.99. The van der Waals surface area contributed by atoms with Gasteiger partial charge in [-0.2, -0.15) is 0 Å². The zero-order valence-electron chi connectivity index (χ0n) is 8.65. The van der Waals surface area contributed by atoms with E-state index in [4.69, 9.17) is 0 Å². The van der Waals surface area contributed by atoms with Crippen molar-refractivity contribution < 1.29 is 10.0 Å². The Morgan fingerprint density at radius 2 is 2.19 bits per heavy atom. The third-order valence-electron chi connectivity index (χ3n) is 3.37. The van der Waals surface area contributed by atoms with Gasteiger partial charge in [0.25, 0.3) is 5.69 Å². The molecule has 0 unspecified atom stereocenters. The quantitative estimate of drug-likeness (QED) is 0.686. The first-order chi connectivity index (χ1) is 7.59. The van der Waals surface area contributed by atoms with Crippen molar-refractivity contribution in [1.29, 1.82) is 0 Å².